The first-order valence-electron chi connectivity index (χ1n) is 6.56. The van der Waals surface area contributed by atoms with Crippen LogP contribution >= 0.6 is 0 Å². The van der Waals surface area contributed by atoms with E-state index in [-0.39, 0.29) is 38.2 Å². The number of nitrogens with zero attached hydrogens (tertiary/aromatic N) is 1. The second-order valence-corrected chi connectivity index (χ2v) is 4.24. The molecule has 1 aliphatic rings. The average Bonchev–Trinajstić information content (AvgIpc) is 2.76. The molecule has 0 radical (unpaired) electrons. The van der Waals surface area contributed by atoms with Gasteiger partial charge >= 0.3 is 5.97 Å². The van der Waals surface area contributed by atoms with Crippen molar-refractivity contribution in [3.63, 3.8) is 0 Å². The monoisotopic (exact) mass is 301 g/mol. The van der Waals surface area contributed by atoms with E-state index in [0.717, 1.165) is 4.90 Å². The molecule has 0 spiro atoms. The van der Waals surface area contributed by atoms with Gasteiger partial charge < -0.3 is 19.3 Å². The molecule has 1 heterocycles. The molecule has 0 aromatic heterocycles. The number of hydrogen-bond acceptors (Lipinski definition) is 6. The molecule has 8 heteroatoms. The Labute approximate surface area is 122 Å². The van der Waals surface area contributed by atoms with Crippen LogP contribution in [-0.2, 0) is 28.6 Å². The number of imide groups is 1. The number of rotatable bonds is 11. The lowest BCUT2D eigenvalue weighted by Crippen LogP contribution is -2.33. The van der Waals surface area contributed by atoms with Crippen molar-refractivity contribution in [1.82, 2.24) is 4.90 Å². The van der Waals surface area contributed by atoms with Crippen LogP contribution in [0.15, 0.2) is 12.2 Å². The minimum Gasteiger partial charge on any atom is -0.479 e. The summed E-state index contributed by atoms with van der Waals surface area (Å²) in [7, 11) is 0. The normalized spacial score (nSPS) is 15.8. The third kappa shape index (κ3) is 6.48. The van der Waals surface area contributed by atoms with Gasteiger partial charge in [-0.25, -0.2) is 4.79 Å². The number of aliphatic carboxylic acids is 1. The van der Waals surface area contributed by atoms with E-state index in [2.05, 4.69) is 0 Å². The lowest BCUT2D eigenvalue weighted by molar-refractivity contribution is -0.150. The van der Waals surface area contributed by atoms with Crippen molar-refractivity contribution in [2.75, 3.05) is 39.6 Å². The van der Waals surface area contributed by atoms with E-state index < -0.39 is 12.1 Å². The van der Waals surface area contributed by atoms with Crippen molar-refractivity contribution in [3.8, 4) is 0 Å². The number of hydrogen-bond donors (Lipinski definition) is 1. The highest BCUT2D eigenvalue weighted by Crippen LogP contribution is 2.02. The zero-order valence-electron chi connectivity index (χ0n) is 11.8. The molecule has 0 aromatic carbocycles. The van der Waals surface area contributed by atoms with E-state index in [0.29, 0.717) is 13.2 Å². The van der Waals surface area contributed by atoms with Crippen LogP contribution in [0.3, 0.4) is 0 Å². The largest absolute Gasteiger partial charge is 0.479 e. The molecule has 0 fully saturated rings. The molecule has 118 valence electrons. The summed E-state index contributed by atoms with van der Waals surface area (Å²) in [4.78, 5) is 34.0. The van der Waals surface area contributed by atoms with Crippen molar-refractivity contribution in [1.29, 1.82) is 0 Å². The van der Waals surface area contributed by atoms with E-state index in [1.165, 1.54) is 19.1 Å². The lowest BCUT2D eigenvalue weighted by Gasteiger charge is -2.13. The molecule has 0 aromatic rings. The zero-order chi connectivity index (χ0) is 15.7. The minimum atomic E-state index is -1.01. The lowest BCUT2D eigenvalue weighted by atomic mass is 10.4. The molecule has 21 heavy (non-hydrogen) atoms. The van der Waals surface area contributed by atoms with Gasteiger partial charge in [0.05, 0.1) is 39.6 Å². The summed E-state index contributed by atoms with van der Waals surface area (Å²) >= 11 is 0. The molecule has 0 saturated heterocycles. The van der Waals surface area contributed by atoms with Crippen LogP contribution in [0, 0.1) is 0 Å². The fourth-order valence-electron chi connectivity index (χ4n) is 1.48. The van der Waals surface area contributed by atoms with Crippen LogP contribution in [0.2, 0.25) is 0 Å². The van der Waals surface area contributed by atoms with Gasteiger partial charge in [0.15, 0.2) is 6.10 Å². The van der Waals surface area contributed by atoms with Crippen LogP contribution in [-0.4, -0.2) is 73.5 Å². The van der Waals surface area contributed by atoms with E-state index >= 15 is 0 Å². The molecule has 1 N–H and O–H groups in total. The summed E-state index contributed by atoms with van der Waals surface area (Å²) in [5, 5.41) is 8.57. The minimum absolute atomic E-state index is 0.190. The van der Waals surface area contributed by atoms with Crippen LogP contribution in [0.25, 0.3) is 0 Å². The quantitative estimate of drug-likeness (QED) is 0.403. The van der Waals surface area contributed by atoms with Gasteiger partial charge in [-0.05, 0) is 6.92 Å². The predicted molar refractivity (Wildman–Crippen MR) is 70.5 cm³/mol. The van der Waals surface area contributed by atoms with Gasteiger partial charge in [0, 0.05) is 12.2 Å². The van der Waals surface area contributed by atoms with Crippen molar-refractivity contribution in [2.24, 2.45) is 0 Å². The average molecular weight is 301 g/mol. The van der Waals surface area contributed by atoms with E-state index in [9.17, 15) is 14.4 Å². The SMILES string of the molecule is CC(OCCOCCOCCN1C(=O)C=CC1=O)C(=O)O. The van der Waals surface area contributed by atoms with Gasteiger partial charge in [-0.1, -0.05) is 0 Å². The highest BCUT2D eigenvalue weighted by Gasteiger charge is 2.22. The highest BCUT2D eigenvalue weighted by atomic mass is 16.6. The smallest absolute Gasteiger partial charge is 0.332 e. The van der Waals surface area contributed by atoms with E-state index in [1.807, 2.05) is 0 Å². The topological polar surface area (TPSA) is 102 Å². The molecule has 2 amide bonds. The molecule has 1 atom stereocenters. The standard InChI is InChI=1S/C13H19NO7/c1-10(13(17)18)21-9-8-20-7-6-19-5-4-14-11(15)2-3-12(14)16/h2-3,10H,4-9H2,1H3,(H,17,18). The third-order valence-electron chi connectivity index (χ3n) is 2.68. The first kappa shape index (κ1) is 17.3. The number of carboxylic acid groups (broad SMARTS) is 1. The highest BCUT2D eigenvalue weighted by molar-refractivity contribution is 6.12. The molecule has 0 aliphatic carbocycles. The van der Waals surface area contributed by atoms with Gasteiger partial charge in [-0.3, -0.25) is 14.5 Å². The third-order valence-corrected chi connectivity index (χ3v) is 2.68. The second-order valence-electron chi connectivity index (χ2n) is 4.24. The van der Waals surface area contributed by atoms with Crippen LogP contribution in [0.4, 0.5) is 0 Å². The van der Waals surface area contributed by atoms with Crippen molar-refractivity contribution < 1.29 is 33.7 Å². The number of ether oxygens (including phenoxy) is 3. The number of carboxylic acids is 1. The van der Waals surface area contributed by atoms with E-state index in [4.69, 9.17) is 19.3 Å². The Bertz CT molecular complexity index is 389. The fourth-order valence-corrected chi connectivity index (χ4v) is 1.48. The molecule has 1 unspecified atom stereocenters. The fraction of sp³-hybridized carbons (Fsp3) is 0.615. The van der Waals surface area contributed by atoms with Gasteiger partial charge in [-0.2, -0.15) is 0 Å². The number of carbonyl (C=O) groups is 3. The van der Waals surface area contributed by atoms with Crippen LogP contribution in [0.1, 0.15) is 6.92 Å². The van der Waals surface area contributed by atoms with Crippen molar-refractivity contribution in [3.05, 3.63) is 12.2 Å². The summed E-state index contributed by atoms with van der Waals surface area (Å²) in [5.41, 5.74) is 0. The maximum atomic E-state index is 11.2. The Hall–Kier alpha value is -1.77. The molecular formula is C13H19NO7. The Balaban J connectivity index is 1.90. The van der Waals surface area contributed by atoms with Crippen molar-refractivity contribution in [2.45, 2.75) is 13.0 Å². The van der Waals surface area contributed by atoms with E-state index in [1.54, 1.807) is 0 Å². The molecule has 8 nitrogen and oxygen atoms in total. The molecular weight excluding hydrogens is 282 g/mol. The van der Waals surface area contributed by atoms with Crippen LogP contribution < -0.4 is 0 Å². The maximum Gasteiger partial charge on any atom is 0.332 e. The summed E-state index contributed by atoms with van der Waals surface area (Å²) < 4.78 is 15.4. The van der Waals surface area contributed by atoms with Crippen molar-refractivity contribution >= 4 is 17.8 Å². The second kappa shape index (κ2) is 9.22. The van der Waals surface area contributed by atoms with Gasteiger partial charge in [-0.15, -0.1) is 0 Å². The molecule has 0 bridgehead atoms. The first-order valence-corrected chi connectivity index (χ1v) is 6.56. The number of amides is 2. The predicted octanol–water partition coefficient (Wildman–Crippen LogP) is -0.566. The Morgan fingerprint density at radius 2 is 1.62 bits per heavy atom. The summed E-state index contributed by atoms with van der Waals surface area (Å²) in [5.74, 6) is -1.67. The van der Waals surface area contributed by atoms with Gasteiger partial charge in [0.25, 0.3) is 11.8 Å². The summed E-state index contributed by atoms with van der Waals surface area (Å²) in [6.07, 6.45) is 1.60. The molecule has 1 rings (SSSR count). The number of carbonyl (C=O) groups excluding carboxylic acids is 2. The zero-order valence-corrected chi connectivity index (χ0v) is 11.8. The Morgan fingerprint density at radius 3 is 2.19 bits per heavy atom. The Kier molecular flexibility index (Phi) is 7.59. The maximum absolute atomic E-state index is 11.2. The van der Waals surface area contributed by atoms with Crippen LogP contribution in [0.5, 0.6) is 0 Å². The summed E-state index contributed by atoms with van der Waals surface area (Å²) in [6, 6.07) is 0. The Morgan fingerprint density at radius 1 is 1.10 bits per heavy atom. The molecule has 1 aliphatic heterocycles. The van der Waals surface area contributed by atoms with Gasteiger partial charge in [0.1, 0.15) is 0 Å². The summed E-state index contributed by atoms with van der Waals surface area (Å²) in [6.45, 7) is 3.01. The first-order chi connectivity index (χ1) is 10.0. The van der Waals surface area contributed by atoms with Gasteiger partial charge in [0.2, 0.25) is 0 Å². The molecule has 0 saturated carbocycles.